The van der Waals surface area contributed by atoms with Crippen molar-refractivity contribution in [1.29, 1.82) is 0 Å². The van der Waals surface area contributed by atoms with E-state index in [1.807, 2.05) is 12.1 Å². The van der Waals surface area contributed by atoms with Gasteiger partial charge in [0.15, 0.2) is 12.4 Å². The standard InChI is InChI=1S/C21H19F2NO4/c22-16-6-7-18(17(23)11-16)24-20(26)12-28-21(27)9-8-19(25)15-5-4-13-2-1-3-14(13)10-15/h4-7,10-11H,1-3,8-9,12H2,(H,24,26). The monoisotopic (exact) mass is 387 g/mol. The maximum absolute atomic E-state index is 13.5. The summed E-state index contributed by atoms with van der Waals surface area (Å²) in [5.74, 6) is -3.33. The van der Waals surface area contributed by atoms with Gasteiger partial charge in [0.05, 0.1) is 12.1 Å². The zero-order chi connectivity index (χ0) is 20.1. The number of carbonyl (C=O) groups is 3. The topological polar surface area (TPSA) is 72.5 Å². The van der Waals surface area contributed by atoms with E-state index >= 15 is 0 Å². The zero-order valence-corrected chi connectivity index (χ0v) is 15.1. The second-order valence-electron chi connectivity index (χ2n) is 6.59. The molecule has 7 heteroatoms. The van der Waals surface area contributed by atoms with Crippen molar-refractivity contribution in [2.45, 2.75) is 32.1 Å². The molecule has 0 spiro atoms. The fourth-order valence-electron chi connectivity index (χ4n) is 3.10. The molecule has 28 heavy (non-hydrogen) atoms. The van der Waals surface area contributed by atoms with E-state index in [-0.39, 0.29) is 24.3 Å². The number of aryl methyl sites for hydroxylation is 2. The van der Waals surface area contributed by atoms with Gasteiger partial charge in [0.25, 0.3) is 5.91 Å². The minimum absolute atomic E-state index is 0.0220. The van der Waals surface area contributed by atoms with Gasteiger partial charge in [0.2, 0.25) is 0 Å². The van der Waals surface area contributed by atoms with Gasteiger partial charge in [0.1, 0.15) is 11.6 Å². The highest BCUT2D eigenvalue weighted by Gasteiger charge is 2.16. The number of esters is 1. The van der Waals surface area contributed by atoms with Crippen molar-refractivity contribution in [2.24, 2.45) is 0 Å². The van der Waals surface area contributed by atoms with Crippen LogP contribution in [0, 0.1) is 11.6 Å². The number of Topliss-reactive ketones (excluding diaryl/α,β-unsaturated/α-hetero) is 1. The van der Waals surface area contributed by atoms with Gasteiger partial charge in [-0.3, -0.25) is 14.4 Å². The van der Waals surface area contributed by atoms with Crippen LogP contribution in [0.25, 0.3) is 0 Å². The second-order valence-corrected chi connectivity index (χ2v) is 6.59. The van der Waals surface area contributed by atoms with Crippen LogP contribution in [0.4, 0.5) is 14.5 Å². The highest BCUT2D eigenvalue weighted by Crippen LogP contribution is 2.23. The molecule has 1 aliphatic rings. The Hall–Kier alpha value is -3.09. The number of hydrogen-bond donors (Lipinski definition) is 1. The normalized spacial score (nSPS) is 12.4. The van der Waals surface area contributed by atoms with Crippen LogP contribution in [-0.2, 0) is 27.2 Å². The summed E-state index contributed by atoms with van der Waals surface area (Å²) in [7, 11) is 0. The molecule has 0 heterocycles. The number of ether oxygens (including phenoxy) is 1. The Morgan fingerprint density at radius 1 is 0.964 bits per heavy atom. The number of amides is 1. The fraction of sp³-hybridized carbons (Fsp3) is 0.286. The summed E-state index contributed by atoms with van der Waals surface area (Å²) >= 11 is 0. The molecule has 0 saturated heterocycles. The molecule has 0 fully saturated rings. The molecule has 0 radical (unpaired) electrons. The smallest absolute Gasteiger partial charge is 0.306 e. The minimum atomic E-state index is -0.931. The van der Waals surface area contributed by atoms with Gasteiger partial charge in [-0.25, -0.2) is 8.78 Å². The van der Waals surface area contributed by atoms with Crippen molar-refractivity contribution in [2.75, 3.05) is 11.9 Å². The third-order valence-electron chi connectivity index (χ3n) is 4.55. The predicted molar refractivity (Wildman–Crippen MR) is 98.0 cm³/mol. The molecule has 0 saturated carbocycles. The van der Waals surface area contributed by atoms with Crippen LogP contribution in [-0.4, -0.2) is 24.3 Å². The Morgan fingerprint density at radius 2 is 1.75 bits per heavy atom. The highest BCUT2D eigenvalue weighted by atomic mass is 19.1. The molecule has 1 amide bonds. The summed E-state index contributed by atoms with van der Waals surface area (Å²) in [6.07, 6.45) is 2.89. The Balaban J connectivity index is 1.42. The second kappa shape index (κ2) is 8.73. The van der Waals surface area contributed by atoms with Crippen LogP contribution in [0.5, 0.6) is 0 Å². The summed E-state index contributed by atoms with van der Waals surface area (Å²) in [5.41, 5.74) is 2.80. The number of anilines is 1. The Morgan fingerprint density at radius 3 is 2.54 bits per heavy atom. The van der Waals surface area contributed by atoms with E-state index < -0.39 is 30.1 Å². The lowest BCUT2D eigenvalue weighted by molar-refractivity contribution is -0.147. The van der Waals surface area contributed by atoms with E-state index in [0.717, 1.165) is 31.4 Å². The van der Waals surface area contributed by atoms with E-state index in [4.69, 9.17) is 4.74 Å². The third kappa shape index (κ3) is 5.00. The molecule has 0 aromatic heterocycles. The van der Waals surface area contributed by atoms with Crippen molar-refractivity contribution in [3.63, 3.8) is 0 Å². The summed E-state index contributed by atoms with van der Waals surface area (Å²) in [5, 5.41) is 2.18. The van der Waals surface area contributed by atoms with Crippen LogP contribution in [0.2, 0.25) is 0 Å². The van der Waals surface area contributed by atoms with Crippen molar-refractivity contribution in [3.8, 4) is 0 Å². The van der Waals surface area contributed by atoms with E-state index in [1.165, 1.54) is 11.1 Å². The van der Waals surface area contributed by atoms with Crippen molar-refractivity contribution in [3.05, 3.63) is 64.7 Å². The highest BCUT2D eigenvalue weighted by molar-refractivity contribution is 5.98. The number of rotatable bonds is 7. The molecule has 3 rings (SSSR count). The molecule has 0 unspecified atom stereocenters. The van der Waals surface area contributed by atoms with Gasteiger partial charge >= 0.3 is 5.97 Å². The molecule has 0 aliphatic heterocycles. The molecule has 5 nitrogen and oxygen atoms in total. The molecular weight excluding hydrogens is 368 g/mol. The number of carbonyl (C=O) groups excluding carboxylic acids is 3. The van der Waals surface area contributed by atoms with Gasteiger partial charge < -0.3 is 10.1 Å². The quantitative estimate of drug-likeness (QED) is 0.582. The molecule has 0 bridgehead atoms. The van der Waals surface area contributed by atoms with Crippen LogP contribution in [0.15, 0.2) is 36.4 Å². The molecule has 2 aromatic carbocycles. The average molecular weight is 387 g/mol. The Labute approximate surface area is 160 Å². The van der Waals surface area contributed by atoms with Crippen molar-refractivity contribution in [1.82, 2.24) is 0 Å². The van der Waals surface area contributed by atoms with Crippen LogP contribution in [0.3, 0.4) is 0 Å². The van der Waals surface area contributed by atoms with Crippen molar-refractivity contribution < 1.29 is 27.9 Å². The molecule has 1 N–H and O–H groups in total. The van der Waals surface area contributed by atoms with Crippen LogP contribution < -0.4 is 5.32 Å². The first-order valence-electron chi connectivity index (χ1n) is 8.98. The largest absolute Gasteiger partial charge is 0.456 e. The number of ketones is 1. The maximum atomic E-state index is 13.5. The first kappa shape index (κ1) is 19.7. The number of hydrogen-bond acceptors (Lipinski definition) is 4. The summed E-state index contributed by atoms with van der Waals surface area (Å²) in [6, 6.07) is 8.29. The van der Waals surface area contributed by atoms with E-state index in [2.05, 4.69) is 5.32 Å². The molecule has 1 aliphatic carbocycles. The predicted octanol–water partition coefficient (Wildman–Crippen LogP) is 3.60. The Bertz CT molecular complexity index is 927. The SMILES string of the molecule is O=C(COC(=O)CCC(=O)c1ccc2c(c1)CCC2)Nc1ccc(F)cc1F. The lowest BCUT2D eigenvalue weighted by Crippen LogP contribution is -2.21. The van der Waals surface area contributed by atoms with Gasteiger partial charge in [0, 0.05) is 18.1 Å². The van der Waals surface area contributed by atoms with Crippen LogP contribution >= 0.6 is 0 Å². The first-order chi connectivity index (χ1) is 13.4. The summed E-state index contributed by atoms with van der Waals surface area (Å²) < 4.78 is 31.1. The Kier molecular flexibility index (Phi) is 6.13. The lowest BCUT2D eigenvalue weighted by atomic mass is 10.0. The van der Waals surface area contributed by atoms with Gasteiger partial charge in [-0.2, -0.15) is 0 Å². The molecular formula is C21H19F2NO4. The lowest BCUT2D eigenvalue weighted by Gasteiger charge is -2.08. The fourth-order valence-corrected chi connectivity index (χ4v) is 3.10. The van der Waals surface area contributed by atoms with Crippen molar-refractivity contribution >= 4 is 23.3 Å². The molecule has 2 aromatic rings. The summed E-state index contributed by atoms with van der Waals surface area (Å²) in [4.78, 5) is 35.7. The maximum Gasteiger partial charge on any atom is 0.306 e. The van der Waals surface area contributed by atoms with Gasteiger partial charge in [-0.05, 0) is 48.6 Å². The van der Waals surface area contributed by atoms with E-state index in [0.29, 0.717) is 11.6 Å². The van der Waals surface area contributed by atoms with Gasteiger partial charge in [-0.1, -0.05) is 12.1 Å². The van der Waals surface area contributed by atoms with Gasteiger partial charge in [-0.15, -0.1) is 0 Å². The molecule has 0 atom stereocenters. The third-order valence-corrected chi connectivity index (χ3v) is 4.55. The molecule has 146 valence electrons. The van der Waals surface area contributed by atoms with E-state index in [9.17, 15) is 23.2 Å². The van der Waals surface area contributed by atoms with E-state index in [1.54, 1.807) is 6.07 Å². The van der Waals surface area contributed by atoms with Crippen LogP contribution in [0.1, 0.15) is 40.7 Å². The number of halogens is 2. The zero-order valence-electron chi connectivity index (χ0n) is 15.1. The minimum Gasteiger partial charge on any atom is -0.456 e. The number of fused-ring (bicyclic) bond motifs is 1. The number of benzene rings is 2. The summed E-state index contributed by atoms with van der Waals surface area (Å²) in [6.45, 7) is -0.622. The first-order valence-corrected chi connectivity index (χ1v) is 8.98. The number of nitrogens with one attached hydrogen (secondary N) is 1. The average Bonchev–Trinajstić information content (AvgIpc) is 3.14.